The van der Waals surface area contributed by atoms with Crippen LogP contribution >= 0.6 is 11.8 Å². The third-order valence-corrected chi connectivity index (χ3v) is 3.98. The average molecular weight is 299 g/mol. The van der Waals surface area contributed by atoms with Gasteiger partial charge in [0.2, 0.25) is 11.1 Å². The monoisotopic (exact) mass is 299 g/mol. The number of rotatable bonds is 5. The molecule has 0 bridgehead atoms. The van der Waals surface area contributed by atoms with Crippen LogP contribution in [0.3, 0.4) is 0 Å². The minimum atomic E-state index is -0.429. The van der Waals surface area contributed by atoms with Crippen LogP contribution in [-0.4, -0.2) is 62.9 Å². The van der Waals surface area contributed by atoms with Crippen molar-refractivity contribution in [3.63, 3.8) is 0 Å². The summed E-state index contributed by atoms with van der Waals surface area (Å²) in [6, 6.07) is 0. The van der Waals surface area contributed by atoms with Gasteiger partial charge in [-0.1, -0.05) is 11.8 Å². The summed E-state index contributed by atoms with van der Waals surface area (Å²) in [5.74, 6) is -0.0644. The Hall–Kier alpha value is -1.64. The van der Waals surface area contributed by atoms with Crippen LogP contribution in [-0.2, 0) is 20.9 Å². The van der Waals surface area contributed by atoms with Gasteiger partial charge in [0.15, 0.2) is 0 Å². The number of amides is 1. The smallest absolute Gasteiger partial charge is 0.327 e. The van der Waals surface area contributed by atoms with Crippen LogP contribution in [0.4, 0.5) is 0 Å². The number of thioether (sulfide) groups is 1. The van der Waals surface area contributed by atoms with Gasteiger partial charge in [-0.3, -0.25) is 9.59 Å². The maximum Gasteiger partial charge on any atom is 0.327 e. The third-order valence-electron chi connectivity index (χ3n) is 3.04. The van der Waals surface area contributed by atoms with Crippen LogP contribution in [0, 0.1) is 0 Å². The Balaban J connectivity index is 1.85. The number of methoxy groups -OCH3 is 1. The van der Waals surface area contributed by atoms with E-state index in [-0.39, 0.29) is 18.2 Å². The molecule has 2 rings (SSSR count). The van der Waals surface area contributed by atoms with Gasteiger partial charge in [0.1, 0.15) is 6.54 Å². The Morgan fingerprint density at radius 1 is 1.30 bits per heavy atom. The summed E-state index contributed by atoms with van der Waals surface area (Å²) >= 11 is 1.24. The van der Waals surface area contributed by atoms with E-state index in [1.54, 1.807) is 0 Å². The zero-order chi connectivity index (χ0) is 14.4. The summed E-state index contributed by atoms with van der Waals surface area (Å²) in [4.78, 5) is 25.1. The molecule has 110 valence electrons. The van der Waals surface area contributed by atoms with Crippen LogP contribution in [0.15, 0.2) is 5.16 Å². The molecule has 0 spiro atoms. The summed E-state index contributed by atoms with van der Waals surface area (Å²) in [5, 5.41) is 11.5. The third kappa shape index (κ3) is 3.92. The molecular weight excluding hydrogens is 282 g/mol. The second-order valence-corrected chi connectivity index (χ2v) is 5.37. The zero-order valence-corrected chi connectivity index (χ0v) is 12.1. The van der Waals surface area contributed by atoms with Crippen molar-refractivity contribution >= 4 is 23.6 Å². The Kier molecular flexibility index (Phi) is 5.33. The van der Waals surface area contributed by atoms with Crippen molar-refractivity contribution in [3.05, 3.63) is 0 Å². The number of hydrogen-bond donors (Lipinski definition) is 0. The van der Waals surface area contributed by atoms with Gasteiger partial charge in [0.05, 0.1) is 12.9 Å². The number of ether oxygens (including phenoxy) is 1. The van der Waals surface area contributed by atoms with Crippen LogP contribution in [0.25, 0.3) is 0 Å². The largest absolute Gasteiger partial charge is 0.468 e. The second kappa shape index (κ2) is 7.22. The highest BCUT2D eigenvalue weighted by atomic mass is 32.2. The fraction of sp³-hybridized carbons (Fsp3) is 0.727. The number of carbonyl (C=O) groups is 2. The van der Waals surface area contributed by atoms with Crippen molar-refractivity contribution in [2.75, 3.05) is 26.0 Å². The number of tetrazole rings is 1. The molecule has 1 aromatic rings. The maximum absolute atomic E-state index is 12.0. The number of piperidine rings is 1. The predicted octanol–water partition coefficient (Wildman–Crippen LogP) is -0.0493. The molecule has 8 nitrogen and oxygen atoms in total. The van der Waals surface area contributed by atoms with Gasteiger partial charge in [-0.25, -0.2) is 4.68 Å². The van der Waals surface area contributed by atoms with E-state index in [4.69, 9.17) is 0 Å². The average Bonchev–Trinajstić information content (AvgIpc) is 2.92. The number of hydrogen-bond acceptors (Lipinski definition) is 7. The van der Waals surface area contributed by atoms with Crippen molar-refractivity contribution in [2.45, 2.75) is 31.0 Å². The van der Waals surface area contributed by atoms with Gasteiger partial charge < -0.3 is 9.64 Å². The standard InChI is InChI=1S/C11H17N5O3S/c1-19-10(18)7-16-11(12-13-14-16)20-8-9(17)15-5-3-2-4-6-15/h2-8H2,1H3. The SMILES string of the molecule is COC(=O)Cn1nnnc1SCC(=O)N1CCCCC1. The Bertz CT molecular complexity index is 472. The molecule has 1 aliphatic heterocycles. The van der Waals surface area contributed by atoms with Crippen LogP contribution in [0.2, 0.25) is 0 Å². The van der Waals surface area contributed by atoms with E-state index in [0.717, 1.165) is 25.9 Å². The molecule has 0 aliphatic carbocycles. The first-order chi connectivity index (χ1) is 9.70. The molecule has 0 N–H and O–H groups in total. The molecule has 1 fully saturated rings. The zero-order valence-electron chi connectivity index (χ0n) is 11.3. The Morgan fingerprint density at radius 2 is 2.05 bits per heavy atom. The van der Waals surface area contributed by atoms with Gasteiger partial charge >= 0.3 is 5.97 Å². The molecule has 0 saturated carbocycles. The molecule has 9 heteroatoms. The molecule has 0 atom stereocenters. The summed E-state index contributed by atoms with van der Waals surface area (Å²) in [5.41, 5.74) is 0. The lowest BCUT2D eigenvalue weighted by molar-refractivity contribution is -0.141. The van der Waals surface area contributed by atoms with E-state index in [1.165, 1.54) is 30.0 Å². The molecule has 0 unspecified atom stereocenters. The number of esters is 1. The number of likely N-dealkylation sites (tertiary alicyclic amines) is 1. The minimum Gasteiger partial charge on any atom is -0.468 e. The van der Waals surface area contributed by atoms with E-state index in [9.17, 15) is 9.59 Å². The van der Waals surface area contributed by atoms with Crippen LogP contribution < -0.4 is 0 Å². The van der Waals surface area contributed by atoms with E-state index in [1.807, 2.05) is 4.90 Å². The van der Waals surface area contributed by atoms with Crippen molar-refractivity contribution < 1.29 is 14.3 Å². The molecular formula is C11H17N5O3S. The predicted molar refractivity (Wildman–Crippen MR) is 71.0 cm³/mol. The summed E-state index contributed by atoms with van der Waals surface area (Å²) in [6.07, 6.45) is 3.32. The first-order valence-corrected chi connectivity index (χ1v) is 7.43. The molecule has 1 amide bonds. The molecule has 20 heavy (non-hydrogen) atoms. The lowest BCUT2D eigenvalue weighted by atomic mass is 10.1. The van der Waals surface area contributed by atoms with Gasteiger partial charge in [0, 0.05) is 13.1 Å². The van der Waals surface area contributed by atoms with Gasteiger partial charge in [-0.2, -0.15) is 0 Å². The fourth-order valence-electron chi connectivity index (χ4n) is 1.95. The number of aromatic nitrogens is 4. The van der Waals surface area contributed by atoms with Crippen LogP contribution in [0.1, 0.15) is 19.3 Å². The maximum atomic E-state index is 12.0. The number of carbonyl (C=O) groups excluding carboxylic acids is 2. The quantitative estimate of drug-likeness (QED) is 0.556. The lowest BCUT2D eigenvalue weighted by Gasteiger charge is -2.26. The highest BCUT2D eigenvalue weighted by Crippen LogP contribution is 2.16. The van der Waals surface area contributed by atoms with E-state index >= 15 is 0 Å². The molecule has 2 heterocycles. The van der Waals surface area contributed by atoms with E-state index in [2.05, 4.69) is 20.3 Å². The molecule has 1 aromatic heterocycles. The van der Waals surface area contributed by atoms with Crippen molar-refractivity contribution in [1.82, 2.24) is 25.1 Å². The first-order valence-electron chi connectivity index (χ1n) is 6.44. The molecule has 0 radical (unpaired) electrons. The fourth-order valence-corrected chi connectivity index (χ4v) is 2.73. The topological polar surface area (TPSA) is 90.2 Å². The molecule has 1 aliphatic rings. The summed E-state index contributed by atoms with van der Waals surface area (Å²) in [6.45, 7) is 1.60. The normalized spacial score (nSPS) is 15.2. The van der Waals surface area contributed by atoms with Gasteiger partial charge in [-0.15, -0.1) is 5.10 Å². The van der Waals surface area contributed by atoms with E-state index in [0.29, 0.717) is 5.16 Å². The van der Waals surface area contributed by atoms with Crippen molar-refractivity contribution in [2.24, 2.45) is 0 Å². The summed E-state index contributed by atoms with van der Waals surface area (Å²) in [7, 11) is 1.30. The van der Waals surface area contributed by atoms with Gasteiger partial charge in [0.25, 0.3) is 0 Å². The van der Waals surface area contributed by atoms with Crippen molar-refractivity contribution in [1.29, 1.82) is 0 Å². The summed E-state index contributed by atoms with van der Waals surface area (Å²) < 4.78 is 5.89. The van der Waals surface area contributed by atoms with Gasteiger partial charge in [-0.05, 0) is 29.7 Å². The van der Waals surface area contributed by atoms with E-state index < -0.39 is 5.97 Å². The first kappa shape index (κ1) is 14.8. The lowest BCUT2D eigenvalue weighted by Crippen LogP contribution is -2.36. The van der Waals surface area contributed by atoms with Crippen molar-refractivity contribution in [3.8, 4) is 0 Å². The molecule has 1 saturated heterocycles. The highest BCUT2D eigenvalue weighted by Gasteiger charge is 2.18. The van der Waals surface area contributed by atoms with Crippen LogP contribution in [0.5, 0.6) is 0 Å². The minimum absolute atomic E-state index is 0.0518. The molecule has 0 aromatic carbocycles. The number of nitrogens with zero attached hydrogens (tertiary/aromatic N) is 5. The Morgan fingerprint density at radius 3 is 2.75 bits per heavy atom. The highest BCUT2D eigenvalue weighted by molar-refractivity contribution is 7.99. The second-order valence-electron chi connectivity index (χ2n) is 4.43. The Labute approximate surface area is 120 Å².